The van der Waals surface area contributed by atoms with Crippen LogP contribution in [-0.4, -0.2) is 52.7 Å². The van der Waals surface area contributed by atoms with Gasteiger partial charge in [0.25, 0.3) is 5.91 Å². The number of urea groups is 1. The molecule has 0 aromatic rings. The molecule has 3 unspecified atom stereocenters. The van der Waals surface area contributed by atoms with Crippen LogP contribution in [-0.2, 0) is 14.3 Å². The first kappa shape index (κ1) is 13.8. The molecular formula is C12H18N2O5. The molecule has 0 aromatic heterocycles. The number of hydrogen-bond acceptors (Lipinski definition) is 4. The molecule has 0 bridgehead atoms. The van der Waals surface area contributed by atoms with Gasteiger partial charge in [-0.25, -0.2) is 9.59 Å². The number of nitrogens with one attached hydrogen (secondary N) is 1. The summed E-state index contributed by atoms with van der Waals surface area (Å²) in [6, 6.07) is -0.861. The van der Waals surface area contributed by atoms with Crippen LogP contribution in [0, 0.1) is 0 Å². The molecule has 2 N–H and O–H groups in total. The van der Waals surface area contributed by atoms with Gasteiger partial charge in [-0.05, 0) is 19.3 Å². The van der Waals surface area contributed by atoms with Crippen molar-refractivity contribution >= 4 is 17.9 Å². The lowest BCUT2D eigenvalue weighted by molar-refractivity contribution is -0.149. The summed E-state index contributed by atoms with van der Waals surface area (Å²) >= 11 is 0. The van der Waals surface area contributed by atoms with Crippen molar-refractivity contribution in [2.24, 2.45) is 0 Å². The van der Waals surface area contributed by atoms with Gasteiger partial charge in [0.2, 0.25) is 0 Å². The molecule has 0 aliphatic carbocycles. The molecule has 2 fully saturated rings. The van der Waals surface area contributed by atoms with E-state index in [4.69, 9.17) is 9.84 Å². The minimum absolute atomic E-state index is 0.134. The van der Waals surface area contributed by atoms with Gasteiger partial charge >= 0.3 is 12.0 Å². The van der Waals surface area contributed by atoms with Crippen molar-refractivity contribution in [3.05, 3.63) is 0 Å². The lowest BCUT2D eigenvalue weighted by atomic mass is 10.1. The molecule has 3 atom stereocenters. The minimum Gasteiger partial charge on any atom is -0.479 e. The Labute approximate surface area is 110 Å². The fourth-order valence-corrected chi connectivity index (χ4v) is 2.46. The van der Waals surface area contributed by atoms with Crippen LogP contribution >= 0.6 is 0 Å². The summed E-state index contributed by atoms with van der Waals surface area (Å²) in [4.78, 5) is 35.6. The predicted molar refractivity (Wildman–Crippen MR) is 64.5 cm³/mol. The first-order valence-corrected chi connectivity index (χ1v) is 6.53. The Morgan fingerprint density at radius 3 is 2.79 bits per heavy atom. The van der Waals surface area contributed by atoms with Crippen LogP contribution in [0.1, 0.15) is 32.6 Å². The number of rotatable bonds is 5. The Hall–Kier alpha value is -1.63. The molecule has 3 amide bonds. The maximum Gasteiger partial charge on any atom is 0.332 e. The van der Waals surface area contributed by atoms with Gasteiger partial charge in [-0.3, -0.25) is 9.69 Å². The Balaban J connectivity index is 1.91. The third-order valence-corrected chi connectivity index (χ3v) is 3.45. The number of carboxylic acid groups (broad SMARTS) is 1. The molecule has 0 spiro atoms. The van der Waals surface area contributed by atoms with Crippen LogP contribution in [0.5, 0.6) is 0 Å². The normalized spacial score (nSPS) is 30.8. The molecule has 2 aliphatic heterocycles. The molecule has 0 aromatic carbocycles. The summed E-state index contributed by atoms with van der Waals surface area (Å²) < 4.78 is 5.30. The molecule has 7 heteroatoms. The van der Waals surface area contributed by atoms with Crippen LogP contribution in [0.2, 0.25) is 0 Å². The van der Waals surface area contributed by atoms with E-state index in [2.05, 4.69) is 5.32 Å². The summed E-state index contributed by atoms with van der Waals surface area (Å²) in [5.41, 5.74) is 0. The number of carbonyl (C=O) groups excluding carboxylic acids is 2. The first-order valence-electron chi connectivity index (χ1n) is 6.53. The molecule has 2 rings (SSSR count). The van der Waals surface area contributed by atoms with Crippen molar-refractivity contribution in [2.45, 2.75) is 50.9 Å². The molecule has 7 nitrogen and oxygen atoms in total. The van der Waals surface area contributed by atoms with E-state index in [1.807, 2.05) is 6.92 Å². The van der Waals surface area contributed by atoms with Gasteiger partial charge in [0.05, 0.1) is 12.6 Å². The van der Waals surface area contributed by atoms with Crippen LogP contribution in [0.4, 0.5) is 4.79 Å². The van der Waals surface area contributed by atoms with E-state index in [9.17, 15) is 14.4 Å². The summed E-state index contributed by atoms with van der Waals surface area (Å²) in [6.45, 7) is 2.08. The number of carboxylic acids is 1. The predicted octanol–water partition coefficient (Wildman–Crippen LogP) is 0.339. The van der Waals surface area contributed by atoms with Gasteiger partial charge in [0.15, 0.2) is 6.10 Å². The monoisotopic (exact) mass is 270 g/mol. The lowest BCUT2D eigenvalue weighted by Gasteiger charge is -2.18. The molecule has 106 valence electrons. The maximum absolute atomic E-state index is 12.0. The van der Waals surface area contributed by atoms with Crippen molar-refractivity contribution in [3.63, 3.8) is 0 Å². The van der Waals surface area contributed by atoms with Gasteiger partial charge in [0, 0.05) is 0 Å². The quantitative estimate of drug-likeness (QED) is 0.702. The van der Waals surface area contributed by atoms with Crippen LogP contribution < -0.4 is 5.32 Å². The molecule has 2 aliphatic rings. The topological polar surface area (TPSA) is 95.9 Å². The summed E-state index contributed by atoms with van der Waals surface area (Å²) in [6.07, 6.45) is 1.19. The van der Waals surface area contributed by atoms with Gasteiger partial charge in [0.1, 0.15) is 6.04 Å². The summed E-state index contributed by atoms with van der Waals surface area (Å²) in [7, 11) is 0. The Morgan fingerprint density at radius 1 is 1.47 bits per heavy atom. The van der Waals surface area contributed by atoms with Gasteiger partial charge in [-0.1, -0.05) is 13.3 Å². The van der Waals surface area contributed by atoms with E-state index in [1.54, 1.807) is 0 Å². The SMILES string of the molecule is CCCC1NC(=O)N(CC2CCC(C(=O)O)O2)C1=O. The highest BCUT2D eigenvalue weighted by atomic mass is 16.5. The summed E-state index contributed by atoms with van der Waals surface area (Å²) in [5.74, 6) is -1.24. The average molecular weight is 270 g/mol. The fourth-order valence-electron chi connectivity index (χ4n) is 2.46. The van der Waals surface area contributed by atoms with Crippen molar-refractivity contribution in [2.75, 3.05) is 6.54 Å². The third-order valence-electron chi connectivity index (χ3n) is 3.45. The molecule has 0 saturated carbocycles. The highest BCUT2D eigenvalue weighted by Crippen LogP contribution is 2.22. The van der Waals surface area contributed by atoms with Crippen molar-refractivity contribution < 1.29 is 24.2 Å². The molecular weight excluding hydrogens is 252 g/mol. The number of ether oxygens (including phenoxy) is 1. The number of hydrogen-bond donors (Lipinski definition) is 2. The van der Waals surface area contributed by atoms with Crippen LogP contribution in [0.3, 0.4) is 0 Å². The molecule has 0 radical (unpaired) electrons. The second kappa shape index (κ2) is 5.56. The average Bonchev–Trinajstić information content (AvgIpc) is 2.91. The van der Waals surface area contributed by atoms with E-state index >= 15 is 0 Å². The second-order valence-electron chi connectivity index (χ2n) is 4.90. The Bertz CT molecular complexity index is 398. The smallest absolute Gasteiger partial charge is 0.332 e. The van der Waals surface area contributed by atoms with Crippen LogP contribution in [0.25, 0.3) is 0 Å². The second-order valence-corrected chi connectivity index (χ2v) is 4.90. The van der Waals surface area contributed by atoms with Gasteiger partial charge in [-0.2, -0.15) is 0 Å². The number of imide groups is 1. The lowest BCUT2D eigenvalue weighted by Crippen LogP contribution is -2.38. The first-order chi connectivity index (χ1) is 9.02. The van der Waals surface area contributed by atoms with Crippen molar-refractivity contribution in [3.8, 4) is 0 Å². The number of amides is 3. The standard InChI is InChI=1S/C12H18N2O5/c1-2-3-8-10(15)14(12(18)13-8)6-7-4-5-9(19-7)11(16)17/h7-9H,2-6H2,1H3,(H,13,18)(H,16,17). The Kier molecular flexibility index (Phi) is 4.04. The van der Waals surface area contributed by atoms with E-state index in [0.29, 0.717) is 19.3 Å². The fraction of sp³-hybridized carbons (Fsp3) is 0.750. The molecule has 19 heavy (non-hydrogen) atoms. The number of nitrogens with zero attached hydrogens (tertiary/aromatic N) is 1. The zero-order valence-corrected chi connectivity index (χ0v) is 10.8. The van der Waals surface area contributed by atoms with E-state index in [-0.39, 0.29) is 18.6 Å². The molecule has 2 heterocycles. The zero-order valence-electron chi connectivity index (χ0n) is 10.8. The van der Waals surface area contributed by atoms with Crippen molar-refractivity contribution in [1.82, 2.24) is 10.2 Å². The van der Waals surface area contributed by atoms with E-state index < -0.39 is 24.1 Å². The van der Waals surface area contributed by atoms with Crippen molar-refractivity contribution in [1.29, 1.82) is 0 Å². The molecule has 2 saturated heterocycles. The number of aliphatic carboxylic acids is 1. The van der Waals surface area contributed by atoms with E-state index in [1.165, 1.54) is 0 Å². The number of carbonyl (C=O) groups is 3. The minimum atomic E-state index is -0.997. The highest BCUT2D eigenvalue weighted by Gasteiger charge is 2.40. The largest absolute Gasteiger partial charge is 0.479 e. The summed E-state index contributed by atoms with van der Waals surface area (Å²) in [5, 5.41) is 11.5. The zero-order chi connectivity index (χ0) is 14.0. The third kappa shape index (κ3) is 2.86. The maximum atomic E-state index is 12.0. The highest BCUT2D eigenvalue weighted by molar-refractivity contribution is 6.04. The van der Waals surface area contributed by atoms with Crippen LogP contribution in [0.15, 0.2) is 0 Å². The van der Waals surface area contributed by atoms with Gasteiger partial charge < -0.3 is 15.2 Å². The van der Waals surface area contributed by atoms with Gasteiger partial charge in [-0.15, -0.1) is 0 Å². The van der Waals surface area contributed by atoms with E-state index in [0.717, 1.165) is 11.3 Å². The Morgan fingerprint density at radius 2 is 2.21 bits per heavy atom.